The van der Waals surface area contributed by atoms with Crippen LogP contribution >= 0.6 is 0 Å². The predicted octanol–water partition coefficient (Wildman–Crippen LogP) is 1.21. The van der Waals surface area contributed by atoms with Crippen LogP contribution in [0.1, 0.15) is 25.7 Å². The second-order valence-corrected chi connectivity index (χ2v) is 3.85. The smallest absolute Gasteiger partial charge is 0.314 e. The lowest BCUT2D eigenvalue weighted by Crippen LogP contribution is -2.37. The molecule has 0 spiro atoms. The Bertz CT molecular complexity index is 265. The van der Waals surface area contributed by atoms with Crippen LogP contribution in [0, 0.1) is 0 Å². The molecule has 2 amide bonds. The number of carbonyl (C=O) groups is 2. The molecule has 0 aliphatic rings. The van der Waals surface area contributed by atoms with E-state index in [1.165, 1.54) is 0 Å². The molecule has 0 unspecified atom stereocenters. The van der Waals surface area contributed by atoms with Gasteiger partial charge in [-0.15, -0.1) is 0 Å². The number of hydrogen-bond donors (Lipinski definition) is 3. The number of aliphatic carboxylic acids is 1. The number of rotatable bonds is 11. The third-order valence-electron chi connectivity index (χ3n) is 2.13. The molecule has 0 heterocycles. The first kappa shape index (κ1) is 17.6. The molecule has 112 valence electrons. The Morgan fingerprint density at radius 1 is 1.11 bits per heavy atom. The van der Waals surface area contributed by atoms with E-state index in [0.717, 1.165) is 6.42 Å². The van der Waals surface area contributed by atoms with Crippen molar-refractivity contribution in [2.75, 3.05) is 26.3 Å². The fraction of sp³-hybridized carbons (Fsp3) is 0.818. The number of amides is 2. The Morgan fingerprint density at radius 3 is 2.42 bits per heavy atom. The largest absolute Gasteiger partial charge is 0.481 e. The summed E-state index contributed by atoms with van der Waals surface area (Å²) in [6.07, 6.45) is -0.361. The summed E-state index contributed by atoms with van der Waals surface area (Å²) >= 11 is 0. The van der Waals surface area contributed by atoms with Gasteiger partial charge in [0.15, 0.2) is 0 Å². The number of unbranched alkanes of at least 4 members (excludes halogenated alkanes) is 2. The molecule has 6 nitrogen and oxygen atoms in total. The minimum absolute atomic E-state index is 0.0381. The van der Waals surface area contributed by atoms with E-state index in [2.05, 4.69) is 15.4 Å². The maximum atomic E-state index is 11.7. The Balaban J connectivity index is 3.23. The fourth-order valence-corrected chi connectivity index (χ4v) is 1.25. The van der Waals surface area contributed by atoms with Crippen LogP contribution in [0.3, 0.4) is 0 Å². The van der Waals surface area contributed by atoms with E-state index >= 15 is 0 Å². The molecule has 8 heteroatoms. The molecule has 0 saturated carbocycles. The summed E-state index contributed by atoms with van der Waals surface area (Å²) in [5.41, 5.74) is 0. The molecule has 19 heavy (non-hydrogen) atoms. The van der Waals surface area contributed by atoms with Crippen molar-refractivity contribution < 1.29 is 28.2 Å². The standard InChI is InChI=1S/C11H20F2N2O4/c12-9(13)8-19-7-6-15-11(18)14-5-3-1-2-4-10(16)17/h9H,1-8H2,(H,16,17)(H2,14,15,18). The van der Waals surface area contributed by atoms with E-state index in [9.17, 15) is 18.4 Å². The van der Waals surface area contributed by atoms with Crippen LogP contribution in [-0.4, -0.2) is 49.8 Å². The molecular weight excluding hydrogens is 262 g/mol. The van der Waals surface area contributed by atoms with Gasteiger partial charge in [0.1, 0.15) is 6.61 Å². The first-order chi connectivity index (χ1) is 9.02. The topological polar surface area (TPSA) is 87.7 Å². The number of alkyl halides is 2. The fourth-order valence-electron chi connectivity index (χ4n) is 1.25. The average molecular weight is 282 g/mol. The third kappa shape index (κ3) is 14.5. The number of hydrogen-bond acceptors (Lipinski definition) is 3. The quantitative estimate of drug-likeness (QED) is 0.497. The summed E-state index contributed by atoms with van der Waals surface area (Å²) in [5.74, 6) is -0.825. The summed E-state index contributed by atoms with van der Waals surface area (Å²) in [5, 5.41) is 13.4. The van der Waals surface area contributed by atoms with Crippen molar-refractivity contribution in [2.45, 2.75) is 32.1 Å². The van der Waals surface area contributed by atoms with Crippen molar-refractivity contribution in [3.8, 4) is 0 Å². The summed E-state index contributed by atoms with van der Waals surface area (Å²) in [6, 6.07) is -0.390. The Kier molecular flexibility index (Phi) is 10.8. The molecule has 0 aliphatic carbocycles. The molecule has 0 fully saturated rings. The highest BCUT2D eigenvalue weighted by molar-refractivity contribution is 5.73. The van der Waals surface area contributed by atoms with E-state index in [0.29, 0.717) is 19.4 Å². The van der Waals surface area contributed by atoms with Crippen LogP contribution in [0.15, 0.2) is 0 Å². The minimum atomic E-state index is -2.50. The molecule has 0 radical (unpaired) electrons. The molecule has 0 aromatic rings. The monoisotopic (exact) mass is 282 g/mol. The maximum absolute atomic E-state index is 11.7. The highest BCUT2D eigenvalue weighted by Gasteiger charge is 2.02. The predicted molar refractivity (Wildman–Crippen MR) is 64.3 cm³/mol. The van der Waals surface area contributed by atoms with Crippen LogP contribution in [-0.2, 0) is 9.53 Å². The highest BCUT2D eigenvalue weighted by Crippen LogP contribution is 1.98. The number of carboxylic acids is 1. The second kappa shape index (κ2) is 11.6. The molecular formula is C11H20F2N2O4. The van der Waals surface area contributed by atoms with Crippen molar-refractivity contribution in [2.24, 2.45) is 0 Å². The summed E-state index contributed by atoms with van der Waals surface area (Å²) < 4.78 is 27.9. The molecule has 0 aromatic carbocycles. The van der Waals surface area contributed by atoms with Gasteiger partial charge in [-0.3, -0.25) is 4.79 Å². The molecule has 0 atom stereocenters. The van der Waals surface area contributed by atoms with Crippen LogP contribution in [0.25, 0.3) is 0 Å². The molecule has 0 aromatic heterocycles. The first-order valence-corrected chi connectivity index (χ1v) is 6.11. The molecule has 0 aliphatic heterocycles. The van der Waals surface area contributed by atoms with Crippen LogP contribution in [0.5, 0.6) is 0 Å². The van der Waals surface area contributed by atoms with Crippen LogP contribution in [0.2, 0.25) is 0 Å². The van der Waals surface area contributed by atoms with E-state index < -0.39 is 19.0 Å². The summed E-state index contributed by atoms with van der Waals surface area (Å²) in [7, 11) is 0. The average Bonchev–Trinajstić information content (AvgIpc) is 2.32. The number of halogens is 2. The lowest BCUT2D eigenvalue weighted by atomic mass is 10.2. The number of urea groups is 1. The van der Waals surface area contributed by atoms with Gasteiger partial charge in [-0.2, -0.15) is 0 Å². The van der Waals surface area contributed by atoms with E-state index in [1.54, 1.807) is 0 Å². The zero-order valence-electron chi connectivity index (χ0n) is 10.7. The van der Waals surface area contributed by atoms with E-state index in [-0.39, 0.29) is 25.6 Å². The number of carbonyl (C=O) groups excluding carboxylic acids is 1. The number of carboxylic acid groups (broad SMARTS) is 1. The molecule has 0 saturated heterocycles. The van der Waals surface area contributed by atoms with Crippen molar-refractivity contribution in [3.63, 3.8) is 0 Å². The van der Waals surface area contributed by atoms with Crippen LogP contribution in [0.4, 0.5) is 13.6 Å². The SMILES string of the molecule is O=C(O)CCCCCNC(=O)NCCOCC(F)F. The number of nitrogens with one attached hydrogen (secondary N) is 2. The maximum Gasteiger partial charge on any atom is 0.314 e. The zero-order chi connectivity index (χ0) is 14.5. The Labute approximate surface area is 110 Å². The molecule has 0 rings (SSSR count). The molecule has 0 bridgehead atoms. The lowest BCUT2D eigenvalue weighted by molar-refractivity contribution is -0.137. The van der Waals surface area contributed by atoms with Gasteiger partial charge in [0.05, 0.1) is 6.61 Å². The first-order valence-electron chi connectivity index (χ1n) is 6.11. The van der Waals surface area contributed by atoms with Gasteiger partial charge in [0.2, 0.25) is 0 Å². The zero-order valence-corrected chi connectivity index (χ0v) is 10.7. The minimum Gasteiger partial charge on any atom is -0.481 e. The summed E-state index contributed by atoms with van der Waals surface area (Å²) in [4.78, 5) is 21.4. The highest BCUT2D eigenvalue weighted by atomic mass is 19.3. The van der Waals surface area contributed by atoms with Crippen LogP contribution < -0.4 is 10.6 Å². The number of ether oxygens (including phenoxy) is 1. The van der Waals surface area contributed by atoms with Crippen molar-refractivity contribution in [3.05, 3.63) is 0 Å². The van der Waals surface area contributed by atoms with Crippen molar-refractivity contribution >= 4 is 12.0 Å². The van der Waals surface area contributed by atoms with E-state index in [4.69, 9.17) is 5.11 Å². The van der Waals surface area contributed by atoms with Gasteiger partial charge in [-0.25, -0.2) is 13.6 Å². The van der Waals surface area contributed by atoms with Crippen molar-refractivity contribution in [1.29, 1.82) is 0 Å². The van der Waals surface area contributed by atoms with E-state index in [1.807, 2.05) is 0 Å². The summed E-state index contributed by atoms with van der Waals surface area (Å²) in [6.45, 7) is 0.0180. The van der Waals surface area contributed by atoms with Crippen molar-refractivity contribution in [1.82, 2.24) is 10.6 Å². The van der Waals surface area contributed by atoms with Gasteiger partial charge in [-0.05, 0) is 12.8 Å². The third-order valence-corrected chi connectivity index (χ3v) is 2.13. The molecule has 3 N–H and O–H groups in total. The van der Waals surface area contributed by atoms with Gasteiger partial charge >= 0.3 is 12.0 Å². The normalized spacial score (nSPS) is 10.5. The van der Waals surface area contributed by atoms with Gasteiger partial charge in [0.25, 0.3) is 6.43 Å². The Hall–Kier alpha value is -1.44. The van der Waals surface area contributed by atoms with Gasteiger partial charge < -0.3 is 20.5 Å². The second-order valence-electron chi connectivity index (χ2n) is 3.85. The lowest BCUT2D eigenvalue weighted by Gasteiger charge is -2.07. The Morgan fingerprint density at radius 2 is 1.79 bits per heavy atom. The van der Waals surface area contributed by atoms with Gasteiger partial charge in [0, 0.05) is 19.5 Å². The van der Waals surface area contributed by atoms with Gasteiger partial charge in [-0.1, -0.05) is 6.42 Å².